The maximum Gasteiger partial charge on any atom is 0.472 e. The van der Waals surface area contributed by atoms with Crippen LogP contribution >= 0.6 is 37.2 Å². The van der Waals surface area contributed by atoms with E-state index in [9.17, 15) is 38.5 Å². The minimum absolute atomic E-state index is 0.0410. The van der Waals surface area contributed by atoms with Gasteiger partial charge in [-0.3, -0.25) is 27.5 Å². The third-order valence-corrected chi connectivity index (χ3v) is 12.4. The van der Waals surface area contributed by atoms with Crippen LogP contribution in [0.1, 0.15) is 39.6 Å². The van der Waals surface area contributed by atoms with Crippen molar-refractivity contribution >= 4 is 66.0 Å². The lowest BCUT2D eigenvalue weighted by atomic mass is 10.1. The molecule has 2 unspecified atom stereocenters. The molecule has 294 valence electrons. The SMILES string of the molecule is CC(C)(C)SSCC(N)C(=O)O[C@H]1[C@@H](O)[C@H](n2cnc3c(N)ncnc32)O[C@@H]1COP(=O)(O)O[C@H]1C[C@H](n2ccc(N)nc2=O)O[C@@H]1COP(=O)(O)O. The van der Waals surface area contributed by atoms with Gasteiger partial charge in [0.1, 0.15) is 54.3 Å². The zero-order valence-electron chi connectivity index (χ0n) is 28.3. The standard InChI is InChI=1S/C26H39N9O14P2S2/c1-26(2,3)53-52-9-12(27)24(37)48-20-15(47-23(19(20)36)35-11-32-18-21(29)30-10-31-22(18)35)8-45-51(42,43)49-13-6-17(34-5-4-16(28)33-25(34)38)46-14(13)7-44-50(39,40)41/h4-5,10-15,17,19-20,23,36H,6-9,27H2,1-3H3,(H,42,43)(H2,28,33,38)(H2,29,30,31)(H2,39,40,41)/t12?,13-,14+,15+,17+,19+,20+,23+/m0/s1. The molecule has 0 aromatic carbocycles. The van der Waals surface area contributed by atoms with Gasteiger partial charge in [0.25, 0.3) is 0 Å². The zero-order chi connectivity index (χ0) is 38.9. The maximum atomic E-state index is 13.3. The first-order chi connectivity index (χ1) is 24.7. The van der Waals surface area contributed by atoms with Gasteiger partial charge in [-0.25, -0.2) is 28.9 Å². The second kappa shape index (κ2) is 16.5. The van der Waals surface area contributed by atoms with Crippen LogP contribution in [0.4, 0.5) is 11.6 Å². The van der Waals surface area contributed by atoms with E-state index in [4.69, 9.17) is 40.5 Å². The van der Waals surface area contributed by atoms with Crippen molar-refractivity contribution in [3.05, 3.63) is 35.4 Å². The molecule has 2 aliphatic rings. The van der Waals surface area contributed by atoms with Crippen molar-refractivity contribution < 1.29 is 61.5 Å². The first kappa shape index (κ1) is 41.4. The van der Waals surface area contributed by atoms with Crippen LogP contribution in [0.2, 0.25) is 0 Å². The van der Waals surface area contributed by atoms with Gasteiger partial charge < -0.3 is 51.2 Å². The molecule has 3 aromatic rings. The molecule has 0 spiro atoms. The van der Waals surface area contributed by atoms with Crippen molar-refractivity contribution in [2.24, 2.45) is 5.73 Å². The molecule has 0 aliphatic carbocycles. The summed E-state index contributed by atoms with van der Waals surface area (Å²) in [5.74, 6) is -0.784. The average molecular weight is 828 g/mol. The number of aliphatic hydroxyl groups excluding tert-OH is 1. The summed E-state index contributed by atoms with van der Waals surface area (Å²) in [4.78, 5) is 70.6. The lowest BCUT2D eigenvalue weighted by Crippen LogP contribution is -2.43. The minimum Gasteiger partial charge on any atom is -0.455 e. The summed E-state index contributed by atoms with van der Waals surface area (Å²) in [6.07, 6.45) is -6.53. The van der Waals surface area contributed by atoms with E-state index in [-0.39, 0.29) is 39.7 Å². The van der Waals surface area contributed by atoms with Crippen LogP contribution in [0, 0.1) is 0 Å². The summed E-state index contributed by atoms with van der Waals surface area (Å²) >= 11 is 0. The number of hydrogen-bond acceptors (Lipinski definition) is 20. The average Bonchev–Trinajstić information content (AvgIpc) is 3.74. The number of phosphoric ester groups is 2. The quantitative estimate of drug-likeness (QED) is 0.0593. The Balaban J connectivity index is 1.33. The molecule has 23 nitrogen and oxygen atoms in total. The van der Waals surface area contributed by atoms with Crippen molar-refractivity contribution in [1.29, 1.82) is 0 Å². The summed E-state index contributed by atoms with van der Waals surface area (Å²) in [5.41, 5.74) is 17.0. The predicted octanol–water partition coefficient (Wildman–Crippen LogP) is -0.176. The number of ether oxygens (including phenoxy) is 3. The molecule has 27 heteroatoms. The molecule has 10 N–H and O–H groups in total. The molecule has 2 aliphatic heterocycles. The van der Waals surface area contributed by atoms with Gasteiger partial charge in [0.15, 0.2) is 23.8 Å². The largest absolute Gasteiger partial charge is 0.472 e. The number of aromatic nitrogens is 6. The molecular formula is C26H39N9O14P2S2. The van der Waals surface area contributed by atoms with Crippen LogP contribution in [0.5, 0.6) is 0 Å². The van der Waals surface area contributed by atoms with E-state index in [0.29, 0.717) is 0 Å². The van der Waals surface area contributed by atoms with Crippen LogP contribution in [0.15, 0.2) is 29.7 Å². The van der Waals surface area contributed by atoms with Crippen LogP contribution in [-0.4, -0.2) is 115 Å². The molecule has 0 saturated carbocycles. The number of phosphoric acid groups is 2. The smallest absolute Gasteiger partial charge is 0.455 e. The number of rotatable bonds is 15. The molecule has 0 amide bonds. The Bertz CT molecular complexity index is 1930. The summed E-state index contributed by atoms with van der Waals surface area (Å²) in [5, 5.41) is 11.4. The van der Waals surface area contributed by atoms with Gasteiger partial charge in [0, 0.05) is 23.1 Å². The molecule has 2 fully saturated rings. The van der Waals surface area contributed by atoms with Gasteiger partial charge in [0.05, 0.1) is 19.5 Å². The van der Waals surface area contributed by atoms with Crippen LogP contribution < -0.4 is 22.9 Å². The molecule has 0 bridgehead atoms. The highest BCUT2D eigenvalue weighted by Gasteiger charge is 2.50. The van der Waals surface area contributed by atoms with Gasteiger partial charge in [-0.15, -0.1) is 0 Å². The maximum absolute atomic E-state index is 13.3. The number of carbonyl (C=O) groups excluding carboxylic acids is 1. The molecular weight excluding hydrogens is 788 g/mol. The lowest BCUT2D eigenvalue weighted by molar-refractivity contribution is -0.157. The van der Waals surface area contributed by atoms with Gasteiger partial charge in [-0.05, 0) is 6.07 Å². The topological polar surface area (TPSA) is 344 Å². The first-order valence-electron chi connectivity index (χ1n) is 15.6. The highest BCUT2D eigenvalue weighted by atomic mass is 33.1. The summed E-state index contributed by atoms with van der Waals surface area (Å²) in [6.45, 7) is 4.33. The molecule has 5 rings (SSSR count). The third kappa shape index (κ3) is 10.7. The van der Waals surface area contributed by atoms with Gasteiger partial charge >= 0.3 is 27.3 Å². The zero-order valence-corrected chi connectivity index (χ0v) is 31.7. The second-order valence-corrected chi connectivity index (χ2v) is 18.5. The van der Waals surface area contributed by atoms with Crippen molar-refractivity contribution in [3.8, 4) is 0 Å². The highest BCUT2D eigenvalue weighted by Crippen LogP contribution is 2.50. The van der Waals surface area contributed by atoms with Crippen molar-refractivity contribution in [1.82, 2.24) is 29.1 Å². The molecule has 53 heavy (non-hydrogen) atoms. The number of fused-ring (bicyclic) bond motifs is 1. The van der Waals surface area contributed by atoms with E-state index in [1.54, 1.807) is 0 Å². The summed E-state index contributed by atoms with van der Waals surface area (Å²) < 4.78 is 59.3. The number of anilines is 2. The lowest BCUT2D eigenvalue weighted by Gasteiger charge is -2.24. The Morgan fingerprint density at radius 1 is 1.09 bits per heavy atom. The number of imidazole rings is 1. The molecule has 0 radical (unpaired) electrons. The number of carbonyl (C=O) groups is 1. The Hall–Kier alpha value is -2.74. The van der Waals surface area contributed by atoms with Crippen LogP contribution in [0.3, 0.4) is 0 Å². The highest BCUT2D eigenvalue weighted by molar-refractivity contribution is 8.77. The molecule has 9 atom stereocenters. The van der Waals surface area contributed by atoms with Gasteiger partial charge in [-0.1, -0.05) is 42.4 Å². The summed E-state index contributed by atoms with van der Waals surface area (Å²) in [7, 11) is -7.31. The Morgan fingerprint density at radius 2 is 1.81 bits per heavy atom. The van der Waals surface area contributed by atoms with E-state index in [2.05, 4.69) is 24.5 Å². The van der Waals surface area contributed by atoms with Crippen molar-refractivity contribution in [2.75, 3.05) is 30.4 Å². The van der Waals surface area contributed by atoms with Crippen molar-refractivity contribution in [3.63, 3.8) is 0 Å². The second-order valence-electron chi connectivity index (χ2n) is 12.7. The monoisotopic (exact) mass is 827 g/mol. The Morgan fingerprint density at radius 3 is 2.49 bits per heavy atom. The normalized spacial score (nSPS) is 26.8. The number of hydrogen-bond donors (Lipinski definition) is 7. The van der Waals surface area contributed by atoms with E-state index in [0.717, 1.165) is 10.9 Å². The predicted molar refractivity (Wildman–Crippen MR) is 187 cm³/mol. The number of nitrogens with zero attached hydrogens (tertiary/aromatic N) is 6. The third-order valence-electron chi connectivity index (χ3n) is 7.50. The van der Waals surface area contributed by atoms with Crippen LogP contribution in [-0.2, 0) is 41.7 Å². The minimum atomic E-state index is -5.13. The van der Waals surface area contributed by atoms with Crippen LogP contribution in [0.25, 0.3) is 11.2 Å². The van der Waals surface area contributed by atoms with Gasteiger partial charge in [0.2, 0.25) is 0 Å². The fourth-order valence-corrected chi connectivity index (χ4v) is 8.89. The number of nitrogens with two attached hydrogens (primary N) is 3. The van der Waals surface area contributed by atoms with E-state index in [1.165, 1.54) is 44.7 Å². The summed E-state index contributed by atoms with van der Waals surface area (Å²) in [6, 6.07) is 0.167. The van der Waals surface area contributed by atoms with E-state index >= 15 is 0 Å². The Kier molecular flexibility index (Phi) is 12.9. The number of aliphatic hydroxyl groups is 1. The number of nitrogen functional groups attached to an aromatic ring is 2. The van der Waals surface area contributed by atoms with Crippen molar-refractivity contribution in [2.45, 2.75) is 81.0 Å². The fraction of sp³-hybridized carbons (Fsp3) is 0.615. The fourth-order valence-electron chi connectivity index (χ4n) is 5.18. The Labute approximate surface area is 308 Å². The first-order valence-corrected chi connectivity index (χ1v) is 20.9. The number of esters is 1. The van der Waals surface area contributed by atoms with Gasteiger partial charge in [-0.2, -0.15) is 4.98 Å². The molecule has 2 saturated heterocycles. The molecule has 5 heterocycles. The molecule has 3 aromatic heterocycles. The van der Waals surface area contributed by atoms with E-state index in [1.807, 2.05) is 20.8 Å². The van der Waals surface area contributed by atoms with E-state index < -0.39 is 89.5 Å².